The summed E-state index contributed by atoms with van der Waals surface area (Å²) in [4.78, 5) is 4.42. The zero-order valence-electron chi connectivity index (χ0n) is 10.3. The first kappa shape index (κ1) is 10.5. The van der Waals surface area contributed by atoms with E-state index in [1.54, 1.807) is 0 Å². The number of pyridine rings is 1. The van der Waals surface area contributed by atoms with Gasteiger partial charge in [-0.2, -0.15) is 5.10 Å². The third kappa shape index (κ3) is 1.66. The van der Waals surface area contributed by atoms with E-state index in [1.807, 2.05) is 24.4 Å². The van der Waals surface area contributed by atoms with Crippen LogP contribution in [0.1, 0.15) is 37.6 Å². The maximum atomic E-state index is 4.76. The van der Waals surface area contributed by atoms with Gasteiger partial charge >= 0.3 is 0 Å². The Kier molecular flexibility index (Phi) is 2.46. The van der Waals surface area contributed by atoms with E-state index in [1.165, 1.54) is 17.7 Å². The van der Waals surface area contributed by atoms with Crippen LogP contribution in [0.15, 0.2) is 24.4 Å². The summed E-state index contributed by atoms with van der Waals surface area (Å²) >= 11 is 0. The minimum atomic E-state index is 0.430. The lowest BCUT2D eigenvalue weighted by Crippen LogP contribution is -2.06. The van der Waals surface area contributed by atoms with Gasteiger partial charge in [-0.15, -0.1) is 0 Å². The quantitative estimate of drug-likeness (QED) is 0.789. The predicted octanol–water partition coefficient (Wildman–Crippen LogP) is 3.01. The van der Waals surface area contributed by atoms with E-state index in [0.29, 0.717) is 6.04 Å². The number of aromatic nitrogens is 3. The number of hydrogen-bond donors (Lipinski definition) is 0. The predicted molar refractivity (Wildman–Crippen MR) is 67.9 cm³/mol. The van der Waals surface area contributed by atoms with Crippen LogP contribution < -0.4 is 0 Å². The Balaban J connectivity index is 2.16. The Morgan fingerprint density at radius 1 is 1.24 bits per heavy atom. The Morgan fingerprint density at radius 3 is 2.82 bits per heavy atom. The summed E-state index contributed by atoms with van der Waals surface area (Å²) in [5.41, 5.74) is 4.93. The Hall–Kier alpha value is -1.64. The molecule has 0 saturated carbocycles. The fraction of sp³-hybridized carbons (Fsp3) is 0.429. The van der Waals surface area contributed by atoms with Gasteiger partial charge in [0.05, 0.1) is 5.69 Å². The van der Waals surface area contributed by atoms with E-state index < -0.39 is 0 Å². The van der Waals surface area contributed by atoms with E-state index >= 15 is 0 Å². The van der Waals surface area contributed by atoms with E-state index in [2.05, 4.69) is 23.5 Å². The maximum absolute atomic E-state index is 4.76. The van der Waals surface area contributed by atoms with Gasteiger partial charge in [0.1, 0.15) is 5.69 Å². The van der Waals surface area contributed by atoms with Crippen molar-refractivity contribution < 1.29 is 0 Å². The van der Waals surface area contributed by atoms with Crippen molar-refractivity contribution in [1.29, 1.82) is 0 Å². The van der Waals surface area contributed by atoms with Gasteiger partial charge < -0.3 is 0 Å². The smallest absolute Gasteiger partial charge is 0.114 e. The molecule has 2 aromatic rings. The van der Waals surface area contributed by atoms with Crippen molar-refractivity contribution in [1.82, 2.24) is 14.8 Å². The minimum absolute atomic E-state index is 0.430. The molecule has 1 aliphatic carbocycles. The van der Waals surface area contributed by atoms with Crippen molar-refractivity contribution in [3.63, 3.8) is 0 Å². The third-order valence-electron chi connectivity index (χ3n) is 3.36. The Labute approximate surface area is 101 Å². The summed E-state index contributed by atoms with van der Waals surface area (Å²) in [5, 5.41) is 4.76. The molecule has 0 amide bonds. The first-order valence-corrected chi connectivity index (χ1v) is 6.29. The average molecular weight is 227 g/mol. The zero-order chi connectivity index (χ0) is 11.8. The molecule has 0 saturated heterocycles. The second kappa shape index (κ2) is 3.99. The van der Waals surface area contributed by atoms with Crippen molar-refractivity contribution in [2.75, 3.05) is 0 Å². The SMILES string of the molecule is CC(C)n1nc(-c2ccccn2)c2c1CCC2. The Morgan fingerprint density at radius 2 is 2.12 bits per heavy atom. The summed E-state index contributed by atoms with van der Waals surface area (Å²) in [7, 11) is 0. The fourth-order valence-electron chi connectivity index (χ4n) is 2.60. The molecule has 0 bridgehead atoms. The molecule has 0 aliphatic heterocycles. The molecule has 3 heteroatoms. The summed E-state index contributed by atoms with van der Waals surface area (Å²) in [5.74, 6) is 0. The van der Waals surface area contributed by atoms with Crippen LogP contribution in [0.2, 0.25) is 0 Å². The zero-order valence-corrected chi connectivity index (χ0v) is 10.3. The lowest BCUT2D eigenvalue weighted by molar-refractivity contribution is 0.511. The minimum Gasteiger partial charge on any atom is -0.266 e. The second-order valence-electron chi connectivity index (χ2n) is 4.88. The second-order valence-corrected chi connectivity index (χ2v) is 4.88. The molecule has 1 aliphatic rings. The molecular weight excluding hydrogens is 210 g/mol. The summed E-state index contributed by atoms with van der Waals surface area (Å²) in [6.07, 6.45) is 5.39. The van der Waals surface area contributed by atoms with Crippen molar-refractivity contribution in [2.45, 2.75) is 39.2 Å². The van der Waals surface area contributed by atoms with Crippen LogP contribution in [0.5, 0.6) is 0 Å². The summed E-state index contributed by atoms with van der Waals surface area (Å²) in [6, 6.07) is 6.45. The van der Waals surface area contributed by atoms with Gasteiger partial charge in [0.2, 0.25) is 0 Å². The Bertz CT molecular complexity index is 526. The van der Waals surface area contributed by atoms with Crippen molar-refractivity contribution in [3.8, 4) is 11.4 Å². The molecule has 0 unspecified atom stereocenters. The number of hydrogen-bond acceptors (Lipinski definition) is 2. The van der Waals surface area contributed by atoms with Gasteiger partial charge in [-0.1, -0.05) is 6.07 Å². The first-order chi connectivity index (χ1) is 8.27. The van der Waals surface area contributed by atoms with Gasteiger partial charge in [-0.25, -0.2) is 0 Å². The maximum Gasteiger partial charge on any atom is 0.114 e. The van der Waals surface area contributed by atoms with E-state index in [9.17, 15) is 0 Å². The fourth-order valence-corrected chi connectivity index (χ4v) is 2.60. The van der Waals surface area contributed by atoms with E-state index in [-0.39, 0.29) is 0 Å². The van der Waals surface area contributed by atoms with Gasteiger partial charge in [-0.05, 0) is 45.2 Å². The molecule has 0 aromatic carbocycles. The number of nitrogens with zero attached hydrogens (tertiary/aromatic N) is 3. The molecule has 0 atom stereocenters. The molecule has 0 N–H and O–H groups in total. The molecular formula is C14H17N3. The highest BCUT2D eigenvalue weighted by atomic mass is 15.3. The first-order valence-electron chi connectivity index (χ1n) is 6.29. The van der Waals surface area contributed by atoms with Crippen LogP contribution >= 0.6 is 0 Å². The molecule has 0 fully saturated rings. The van der Waals surface area contributed by atoms with Crippen LogP contribution in [-0.4, -0.2) is 14.8 Å². The van der Waals surface area contributed by atoms with Gasteiger partial charge in [0.15, 0.2) is 0 Å². The van der Waals surface area contributed by atoms with Crippen molar-refractivity contribution in [3.05, 3.63) is 35.7 Å². The normalized spacial score (nSPS) is 14.3. The van der Waals surface area contributed by atoms with Gasteiger partial charge in [-0.3, -0.25) is 9.67 Å². The summed E-state index contributed by atoms with van der Waals surface area (Å²) < 4.78 is 2.17. The van der Waals surface area contributed by atoms with Crippen molar-refractivity contribution >= 4 is 0 Å². The lowest BCUT2D eigenvalue weighted by Gasteiger charge is -2.08. The van der Waals surface area contributed by atoms with Crippen LogP contribution in [0, 0.1) is 0 Å². The molecule has 2 aromatic heterocycles. The van der Waals surface area contributed by atoms with Crippen LogP contribution in [0.25, 0.3) is 11.4 Å². The van der Waals surface area contributed by atoms with Gasteiger partial charge in [0.25, 0.3) is 0 Å². The lowest BCUT2D eigenvalue weighted by atomic mass is 10.1. The molecule has 0 radical (unpaired) electrons. The monoisotopic (exact) mass is 227 g/mol. The molecule has 0 spiro atoms. The third-order valence-corrected chi connectivity index (χ3v) is 3.36. The van der Waals surface area contributed by atoms with E-state index in [0.717, 1.165) is 24.2 Å². The highest BCUT2D eigenvalue weighted by Gasteiger charge is 2.24. The van der Waals surface area contributed by atoms with Crippen molar-refractivity contribution in [2.24, 2.45) is 0 Å². The molecule has 17 heavy (non-hydrogen) atoms. The highest BCUT2D eigenvalue weighted by Crippen LogP contribution is 2.32. The number of rotatable bonds is 2. The highest BCUT2D eigenvalue weighted by molar-refractivity contribution is 5.61. The molecule has 88 valence electrons. The van der Waals surface area contributed by atoms with E-state index in [4.69, 9.17) is 5.10 Å². The topological polar surface area (TPSA) is 30.7 Å². The summed E-state index contributed by atoms with van der Waals surface area (Å²) in [6.45, 7) is 4.38. The van der Waals surface area contributed by atoms with Crippen LogP contribution in [0.3, 0.4) is 0 Å². The van der Waals surface area contributed by atoms with Crippen LogP contribution in [-0.2, 0) is 12.8 Å². The largest absolute Gasteiger partial charge is 0.266 e. The molecule has 2 heterocycles. The van der Waals surface area contributed by atoms with Crippen LogP contribution in [0.4, 0.5) is 0 Å². The molecule has 3 rings (SSSR count). The van der Waals surface area contributed by atoms with Gasteiger partial charge in [0, 0.05) is 23.5 Å². The molecule has 3 nitrogen and oxygen atoms in total. The standard InChI is InChI=1S/C14H17N3/c1-10(2)17-13-8-5-6-11(13)14(16-17)12-7-3-4-9-15-12/h3-4,7,9-10H,5-6,8H2,1-2H3. The average Bonchev–Trinajstić information content (AvgIpc) is 2.90. The number of fused-ring (bicyclic) bond motifs is 1.